The van der Waals surface area contributed by atoms with Crippen LogP contribution in [-0.4, -0.2) is 9.95 Å². The molecule has 0 nitrogen and oxygen atoms in total. The molecule has 0 aliphatic carbocycles. The van der Waals surface area contributed by atoms with Crippen LogP contribution in [0.1, 0.15) is 0 Å². The summed E-state index contributed by atoms with van der Waals surface area (Å²) in [5, 5.41) is 2.26. The first-order chi connectivity index (χ1) is 4.88. The van der Waals surface area contributed by atoms with E-state index in [1.54, 1.807) is 0 Å². The fraction of sp³-hybridized carbons (Fsp3) is 0.125. The lowest BCUT2D eigenvalue weighted by atomic mass is 10.4. The predicted octanol–water partition coefficient (Wildman–Crippen LogP) is 2.39. The van der Waals surface area contributed by atoms with Gasteiger partial charge in [-0.3, -0.25) is 0 Å². The van der Waals surface area contributed by atoms with Gasteiger partial charge in [-0.15, -0.1) is 10.5 Å². The molecule has 1 aromatic rings. The Hall–Kier alpha value is -0.210. The van der Waals surface area contributed by atoms with Gasteiger partial charge in [0.15, 0.2) is 0 Å². The van der Waals surface area contributed by atoms with Gasteiger partial charge in [0, 0.05) is 4.90 Å². The van der Waals surface area contributed by atoms with Crippen molar-refractivity contribution in [1.29, 1.82) is 0 Å². The summed E-state index contributed by atoms with van der Waals surface area (Å²) in [5.41, 5.74) is 0. The quantitative estimate of drug-likeness (QED) is 0.483. The summed E-state index contributed by atoms with van der Waals surface area (Å²) in [4.78, 5) is 1.42. The molecule has 1 aliphatic heterocycles. The molecular weight excluding hydrogens is 160 g/mol. The van der Waals surface area contributed by atoms with Crippen LogP contribution in [0.4, 0.5) is 0 Å². The molecule has 1 aliphatic rings. The molecule has 2 rings (SSSR count). The Morgan fingerprint density at radius 1 is 1.20 bits per heavy atom. The minimum Gasteiger partial charge on any atom is -0.160 e. The van der Waals surface area contributed by atoms with Gasteiger partial charge in [-0.05, 0) is 17.5 Å². The van der Waals surface area contributed by atoms with E-state index in [-0.39, 0.29) is 0 Å². The molecule has 0 bridgehead atoms. The van der Waals surface area contributed by atoms with Gasteiger partial charge in [0.1, 0.15) is 0 Å². The maximum Gasteiger partial charge on any atom is 0.0700 e. The maximum absolute atomic E-state index is 4.34. The summed E-state index contributed by atoms with van der Waals surface area (Å²) in [6.45, 7) is 0. The molecule has 2 atom stereocenters. The predicted molar refractivity (Wildman–Crippen MR) is 51.1 cm³/mol. The molecule has 0 saturated heterocycles. The zero-order valence-corrected chi connectivity index (χ0v) is 7.11. The molecule has 0 fully saturated rings. The van der Waals surface area contributed by atoms with Crippen LogP contribution >= 0.6 is 23.1 Å². The maximum atomic E-state index is 4.34. The Kier molecular flexibility index (Phi) is 1.58. The standard InChI is InChI=1S/C8H8S2/c9-8-6-10(8)7-4-2-1-3-5-7/h1-6,8-9H. The average Bonchev–Trinajstić information content (AvgIpc) is 2.69. The highest BCUT2D eigenvalue weighted by Gasteiger charge is 2.19. The van der Waals surface area contributed by atoms with Gasteiger partial charge < -0.3 is 0 Å². The van der Waals surface area contributed by atoms with Crippen molar-refractivity contribution >= 4 is 28.5 Å². The van der Waals surface area contributed by atoms with E-state index in [4.69, 9.17) is 0 Å². The third-order valence-electron chi connectivity index (χ3n) is 1.46. The van der Waals surface area contributed by atoms with E-state index >= 15 is 0 Å². The summed E-state index contributed by atoms with van der Waals surface area (Å²) in [6.07, 6.45) is 0. The molecule has 52 valence electrons. The normalized spacial score (nSPS) is 29.3. The van der Waals surface area contributed by atoms with Crippen LogP contribution in [0.2, 0.25) is 0 Å². The first-order valence-corrected chi connectivity index (χ1v) is 5.05. The Morgan fingerprint density at radius 3 is 2.30 bits per heavy atom. The SMILES string of the molecule is SC1C=S1c1ccccc1. The zero-order valence-electron chi connectivity index (χ0n) is 5.40. The first kappa shape index (κ1) is 6.50. The van der Waals surface area contributed by atoms with E-state index in [2.05, 4.69) is 42.3 Å². The molecule has 0 saturated carbocycles. The monoisotopic (exact) mass is 168 g/mol. The van der Waals surface area contributed by atoms with Crippen molar-refractivity contribution in [3.63, 3.8) is 0 Å². The smallest absolute Gasteiger partial charge is 0.0700 e. The molecule has 0 spiro atoms. The van der Waals surface area contributed by atoms with Gasteiger partial charge in [0.2, 0.25) is 0 Å². The van der Waals surface area contributed by atoms with Crippen LogP contribution in [0.25, 0.3) is 0 Å². The van der Waals surface area contributed by atoms with E-state index in [1.165, 1.54) is 4.90 Å². The van der Waals surface area contributed by atoms with Crippen LogP contribution in [0.5, 0.6) is 0 Å². The fourth-order valence-corrected chi connectivity index (χ4v) is 2.91. The van der Waals surface area contributed by atoms with Crippen LogP contribution in [0, 0.1) is 0 Å². The van der Waals surface area contributed by atoms with Gasteiger partial charge in [0.05, 0.1) is 4.58 Å². The number of hydrogen-bond acceptors (Lipinski definition) is 1. The molecule has 2 heteroatoms. The molecule has 0 amide bonds. The molecule has 1 aromatic carbocycles. The lowest BCUT2D eigenvalue weighted by Crippen LogP contribution is -1.68. The third kappa shape index (κ3) is 1.13. The Bertz CT molecular complexity index is 264. The van der Waals surface area contributed by atoms with Crippen molar-refractivity contribution in [1.82, 2.24) is 0 Å². The van der Waals surface area contributed by atoms with Gasteiger partial charge in [0.25, 0.3) is 0 Å². The minimum atomic E-state index is 0.365. The highest BCUT2D eigenvalue weighted by Crippen LogP contribution is 2.43. The number of rotatable bonds is 1. The Morgan fingerprint density at radius 2 is 1.80 bits per heavy atom. The van der Waals surface area contributed by atoms with Crippen LogP contribution in [0.3, 0.4) is 0 Å². The van der Waals surface area contributed by atoms with Crippen LogP contribution in [-0.2, 0) is 0 Å². The molecule has 10 heavy (non-hydrogen) atoms. The minimum absolute atomic E-state index is 0.365. The molecule has 0 aromatic heterocycles. The largest absolute Gasteiger partial charge is 0.160 e. The molecule has 0 N–H and O–H groups in total. The molecule has 0 radical (unpaired) electrons. The van der Waals surface area contributed by atoms with Crippen molar-refractivity contribution in [2.24, 2.45) is 0 Å². The van der Waals surface area contributed by atoms with Crippen molar-refractivity contribution in [2.45, 2.75) is 9.48 Å². The molecule has 1 heterocycles. The van der Waals surface area contributed by atoms with Crippen LogP contribution < -0.4 is 0 Å². The van der Waals surface area contributed by atoms with Gasteiger partial charge in [-0.25, -0.2) is 0 Å². The number of thiol groups is 1. The lowest BCUT2D eigenvalue weighted by molar-refractivity contribution is 1.47. The summed E-state index contributed by atoms with van der Waals surface area (Å²) < 4.78 is 0.530. The Labute approximate surface area is 68.6 Å². The van der Waals surface area contributed by atoms with E-state index < -0.39 is 0 Å². The number of benzene rings is 1. The first-order valence-electron chi connectivity index (χ1n) is 3.18. The second-order valence-electron chi connectivity index (χ2n) is 2.21. The number of hydrogen-bond donors (Lipinski definition) is 1. The van der Waals surface area contributed by atoms with E-state index in [0.717, 1.165) is 0 Å². The van der Waals surface area contributed by atoms with Crippen LogP contribution in [0.15, 0.2) is 35.2 Å². The van der Waals surface area contributed by atoms with Crippen molar-refractivity contribution < 1.29 is 0 Å². The van der Waals surface area contributed by atoms with Gasteiger partial charge in [-0.2, -0.15) is 12.6 Å². The zero-order chi connectivity index (χ0) is 6.97. The highest BCUT2D eigenvalue weighted by atomic mass is 32.2. The second-order valence-corrected chi connectivity index (χ2v) is 5.11. The van der Waals surface area contributed by atoms with E-state index in [9.17, 15) is 0 Å². The van der Waals surface area contributed by atoms with E-state index in [0.29, 0.717) is 15.1 Å². The fourth-order valence-electron chi connectivity index (χ4n) is 0.889. The lowest BCUT2D eigenvalue weighted by Gasteiger charge is -1.93. The van der Waals surface area contributed by atoms with Crippen molar-refractivity contribution in [3.05, 3.63) is 30.3 Å². The third-order valence-corrected chi connectivity index (χ3v) is 4.22. The average molecular weight is 168 g/mol. The van der Waals surface area contributed by atoms with Gasteiger partial charge in [-0.1, -0.05) is 18.2 Å². The summed E-state index contributed by atoms with van der Waals surface area (Å²) in [6, 6.07) is 10.5. The Balaban J connectivity index is 2.29. The second kappa shape index (κ2) is 2.44. The van der Waals surface area contributed by atoms with Crippen molar-refractivity contribution in [3.8, 4) is 0 Å². The van der Waals surface area contributed by atoms with Crippen molar-refractivity contribution in [2.75, 3.05) is 0 Å². The molecular formula is C8H8S2. The topological polar surface area (TPSA) is 0 Å². The van der Waals surface area contributed by atoms with Gasteiger partial charge >= 0.3 is 0 Å². The molecule has 2 unspecified atom stereocenters. The summed E-state index contributed by atoms with van der Waals surface area (Å²) in [7, 11) is 0.365. The summed E-state index contributed by atoms with van der Waals surface area (Å²) >= 11 is 4.34. The highest BCUT2D eigenvalue weighted by molar-refractivity contribution is 8.31. The summed E-state index contributed by atoms with van der Waals surface area (Å²) in [5.74, 6) is 0. The van der Waals surface area contributed by atoms with E-state index in [1.807, 2.05) is 6.07 Å².